The summed E-state index contributed by atoms with van der Waals surface area (Å²) in [5.41, 5.74) is 0. The van der Waals surface area contributed by atoms with Crippen LogP contribution in [0, 0.1) is 0 Å². The SMILES string of the molecule is IC1=CC=C[C@@H]2O[C@H]12. The fraction of sp³-hybridized carbons (Fsp3) is 0.333. The summed E-state index contributed by atoms with van der Waals surface area (Å²) in [4.78, 5) is 0. The van der Waals surface area contributed by atoms with Crippen LogP contribution in [0.2, 0.25) is 0 Å². The molecule has 0 amide bonds. The van der Waals surface area contributed by atoms with E-state index in [9.17, 15) is 0 Å². The Morgan fingerprint density at radius 1 is 1.62 bits per heavy atom. The first-order chi connectivity index (χ1) is 3.88. The minimum atomic E-state index is 0.423. The molecule has 42 valence electrons. The molecule has 0 aromatic heterocycles. The fourth-order valence-corrected chi connectivity index (χ4v) is 1.55. The molecule has 2 rings (SSSR count). The minimum absolute atomic E-state index is 0.423. The predicted molar refractivity (Wildman–Crippen MR) is 39.9 cm³/mol. The largest absolute Gasteiger partial charge is 0.360 e. The molecule has 0 unspecified atom stereocenters. The first-order valence-electron chi connectivity index (χ1n) is 2.57. The van der Waals surface area contributed by atoms with Crippen LogP contribution in [0.4, 0.5) is 0 Å². The summed E-state index contributed by atoms with van der Waals surface area (Å²) in [7, 11) is 0. The monoisotopic (exact) mass is 220 g/mol. The van der Waals surface area contributed by atoms with E-state index >= 15 is 0 Å². The van der Waals surface area contributed by atoms with Crippen LogP contribution in [0.1, 0.15) is 0 Å². The smallest absolute Gasteiger partial charge is 0.119 e. The molecule has 1 nitrogen and oxygen atoms in total. The molecule has 0 aromatic rings. The van der Waals surface area contributed by atoms with Crippen LogP contribution < -0.4 is 0 Å². The number of rotatable bonds is 0. The van der Waals surface area contributed by atoms with Gasteiger partial charge in [-0.15, -0.1) is 0 Å². The molecule has 0 spiro atoms. The summed E-state index contributed by atoms with van der Waals surface area (Å²) < 4.78 is 6.56. The van der Waals surface area contributed by atoms with E-state index in [4.69, 9.17) is 4.74 Å². The first-order valence-corrected chi connectivity index (χ1v) is 3.65. The molecule has 1 aliphatic carbocycles. The summed E-state index contributed by atoms with van der Waals surface area (Å²) in [6.07, 6.45) is 7.09. The number of hydrogen-bond acceptors (Lipinski definition) is 1. The Bertz CT molecular complexity index is 171. The highest BCUT2D eigenvalue weighted by Crippen LogP contribution is 2.36. The van der Waals surface area contributed by atoms with E-state index in [-0.39, 0.29) is 0 Å². The molecule has 1 aliphatic heterocycles. The van der Waals surface area contributed by atoms with Gasteiger partial charge >= 0.3 is 0 Å². The maximum atomic E-state index is 5.23. The van der Waals surface area contributed by atoms with Gasteiger partial charge in [0, 0.05) is 3.58 Å². The number of epoxide rings is 1. The normalized spacial score (nSPS) is 40.9. The van der Waals surface area contributed by atoms with Gasteiger partial charge in [0.25, 0.3) is 0 Å². The molecule has 1 saturated heterocycles. The van der Waals surface area contributed by atoms with Crippen molar-refractivity contribution in [1.82, 2.24) is 0 Å². The Morgan fingerprint density at radius 3 is 3.12 bits per heavy atom. The van der Waals surface area contributed by atoms with Gasteiger partial charge in [0.1, 0.15) is 12.2 Å². The van der Waals surface area contributed by atoms with Crippen molar-refractivity contribution in [2.24, 2.45) is 0 Å². The molecule has 0 saturated carbocycles. The third kappa shape index (κ3) is 0.631. The average Bonchev–Trinajstić information content (AvgIpc) is 2.45. The van der Waals surface area contributed by atoms with E-state index in [2.05, 4.69) is 40.8 Å². The van der Waals surface area contributed by atoms with Crippen molar-refractivity contribution in [2.45, 2.75) is 12.2 Å². The summed E-state index contributed by atoms with van der Waals surface area (Å²) in [6.45, 7) is 0. The molecular formula is C6H5IO. The van der Waals surface area contributed by atoms with Gasteiger partial charge in [-0.25, -0.2) is 0 Å². The molecule has 0 aromatic carbocycles. The zero-order chi connectivity index (χ0) is 5.56. The van der Waals surface area contributed by atoms with E-state index in [0.717, 1.165) is 0 Å². The lowest BCUT2D eigenvalue weighted by molar-refractivity contribution is 0.414. The van der Waals surface area contributed by atoms with Crippen molar-refractivity contribution in [3.63, 3.8) is 0 Å². The van der Waals surface area contributed by atoms with Gasteiger partial charge in [0.15, 0.2) is 0 Å². The number of ether oxygens (including phenoxy) is 1. The van der Waals surface area contributed by atoms with E-state index in [0.29, 0.717) is 12.2 Å². The van der Waals surface area contributed by atoms with Crippen LogP contribution in [0.3, 0.4) is 0 Å². The molecule has 0 radical (unpaired) electrons. The van der Waals surface area contributed by atoms with Crippen LogP contribution in [-0.4, -0.2) is 12.2 Å². The lowest BCUT2D eigenvalue weighted by Gasteiger charge is -1.91. The van der Waals surface area contributed by atoms with Crippen molar-refractivity contribution >= 4 is 22.6 Å². The lowest BCUT2D eigenvalue weighted by atomic mass is 10.2. The molecule has 8 heavy (non-hydrogen) atoms. The number of fused-ring (bicyclic) bond motifs is 1. The predicted octanol–water partition coefficient (Wildman–Crippen LogP) is 1.64. The van der Waals surface area contributed by atoms with Gasteiger partial charge < -0.3 is 4.74 Å². The van der Waals surface area contributed by atoms with E-state index in [1.807, 2.05) is 0 Å². The summed E-state index contributed by atoms with van der Waals surface area (Å²) in [6, 6.07) is 0. The Labute approximate surface area is 61.5 Å². The third-order valence-corrected chi connectivity index (χ3v) is 2.33. The van der Waals surface area contributed by atoms with Crippen molar-refractivity contribution in [2.75, 3.05) is 0 Å². The highest BCUT2D eigenvalue weighted by Gasteiger charge is 2.39. The Hall–Kier alpha value is 0.170. The second-order valence-electron chi connectivity index (χ2n) is 1.96. The lowest BCUT2D eigenvalue weighted by Crippen LogP contribution is -1.92. The highest BCUT2D eigenvalue weighted by atomic mass is 127. The Morgan fingerprint density at radius 2 is 2.50 bits per heavy atom. The third-order valence-electron chi connectivity index (χ3n) is 1.35. The summed E-state index contributed by atoms with van der Waals surface area (Å²) in [5.74, 6) is 0. The average molecular weight is 220 g/mol. The Balaban J connectivity index is 2.30. The molecule has 0 bridgehead atoms. The van der Waals surface area contributed by atoms with Crippen molar-refractivity contribution in [1.29, 1.82) is 0 Å². The van der Waals surface area contributed by atoms with E-state index in [1.165, 1.54) is 3.58 Å². The number of hydrogen-bond donors (Lipinski definition) is 0. The second-order valence-corrected chi connectivity index (χ2v) is 3.20. The maximum Gasteiger partial charge on any atom is 0.119 e. The molecule has 0 N–H and O–H groups in total. The molecule has 2 heteroatoms. The van der Waals surface area contributed by atoms with Gasteiger partial charge in [-0.3, -0.25) is 0 Å². The van der Waals surface area contributed by atoms with Crippen molar-refractivity contribution < 1.29 is 4.74 Å². The maximum absolute atomic E-state index is 5.23. The summed E-state index contributed by atoms with van der Waals surface area (Å²) in [5, 5.41) is 0. The first kappa shape index (κ1) is 4.99. The highest BCUT2D eigenvalue weighted by molar-refractivity contribution is 14.1. The van der Waals surface area contributed by atoms with Crippen LogP contribution in [0.25, 0.3) is 0 Å². The van der Waals surface area contributed by atoms with E-state index in [1.54, 1.807) is 0 Å². The molecule has 2 atom stereocenters. The number of halogens is 1. The second kappa shape index (κ2) is 1.57. The fourth-order valence-electron chi connectivity index (χ4n) is 0.844. The van der Waals surface area contributed by atoms with Crippen LogP contribution >= 0.6 is 22.6 Å². The Kier molecular flexibility index (Phi) is 0.983. The topological polar surface area (TPSA) is 12.5 Å². The van der Waals surface area contributed by atoms with Crippen LogP contribution in [0.5, 0.6) is 0 Å². The van der Waals surface area contributed by atoms with Crippen LogP contribution in [-0.2, 0) is 4.74 Å². The standard InChI is InChI=1S/C6H5IO/c7-4-2-1-3-5-6(4)8-5/h1-3,5-6H/t5-,6+/m0/s1. The quantitative estimate of drug-likeness (QED) is 0.446. The zero-order valence-electron chi connectivity index (χ0n) is 4.17. The zero-order valence-corrected chi connectivity index (χ0v) is 6.33. The van der Waals surface area contributed by atoms with E-state index < -0.39 is 0 Å². The number of allylic oxidation sites excluding steroid dienone is 2. The van der Waals surface area contributed by atoms with Crippen molar-refractivity contribution in [3.05, 3.63) is 21.8 Å². The summed E-state index contributed by atoms with van der Waals surface area (Å²) >= 11 is 2.31. The van der Waals surface area contributed by atoms with Gasteiger partial charge in [0.05, 0.1) is 0 Å². The minimum Gasteiger partial charge on any atom is -0.360 e. The van der Waals surface area contributed by atoms with Gasteiger partial charge in [-0.05, 0) is 22.6 Å². The van der Waals surface area contributed by atoms with Gasteiger partial charge in [-0.2, -0.15) is 0 Å². The van der Waals surface area contributed by atoms with Gasteiger partial charge in [-0.1, -0.05) is 18.2 Å². The van der Waals surface area contributed by atoms with Crippen molar-refractivity contribution in [3.8, 4) is 0 Å². The molecular weight excluding hydrogens is 215 g/mol. The molecule has 1 heterocycles. The molecule has 1 fully saturated rings. The van der Waals surface area contributed by atoms with Crippen LogP contribution in [0.15, 0.2) is 21.8 Å². The van der Waals surface area contributed by atoms with Gasteiger partial charge in [0.2, 0.25) is 0 Å². The molecule has 2 aliphatic rings.